The number of aliphatic hydroxyl groups is 1. The van der Waals surface area contributed by atoms with E-state index in [1.165, 1.54) is 6.07 Å². The minimum atomic E-state index is -0.443. The number of halogens is 2. The average Bonchev–Trinajstić information content (AvgIpc) is 2.40. The van der Waals surface area contributed by atoms with Gasteiger partial charge in [0.25, 0.3) is 0 Å². The number of hydrogen-bond donors (Lipinski definition) is 1. The number of carbonyl (C=O) groups excluding carboxylic acids is 1. The van der Waals surface area contributed by atoms with Crippen molar-refractivity contribution in [3.8, 4) is 0 Å². The van der Waals surface area contributed by atoms with Gasteiger partial charge < -0.3 is 10.0 Å². The number of benzene rings is 1. The van der Waals surface area contributed by atoms with Gasteiger partial charge in [-0.2, -0.15) is 0 Å². The SMILES string of the molecule is O=C(CCc1ccc(F)c(Cl)c1)N1CCC(O)CC1. The fourth-order valence-corrected chi connectivity index (χ4v) is 2.42. The second-order valence-electron chi connectivity index (χ2n) is 4.86. The van der Waals surface area contributed by atoms with Crippen molar-refractivity contribution in [2.45, 2.75) is 31.8 Å². The van der Waals surface area contributed by atoms with E-state index in [4.69, 9.17) is 11.6 Å². The van der Waals surface area contributed by atoms with Crippen LogP contribution in [0.5, 0.6) is 0 Å². The van der Waals surface area contributed by atoms with Gasteiger partial charge in [0, 0.05) is 19.5 Å². The molecule has 5 heteroatoms. The Labute approximate surface area is 117 Å². The second kappa shape index (κ2) is 6.35. The van der Waals surface area contributed by atoms with Crippen molar-refractivity contribution in [3.63, 3.8) is 0 Å². The third-order valence-corrected chi connectivity index (χ3v) is 3.72. The van der Waals surface area contributed by atoms with E-state index < -0.39 is 5.82 Å². The molecule has 1 amide bonds. The predicted octanol–water partition coefficient (Wildman–Crippen LogP) is 2.40. The van der Waals surface area contributed by atoms with Crippen molar-refractivity contribution < 1.29 is 14.3 Å². The van der Waals surface area contributed by atoms with E-state index in [0.29, 0.717) is 38.8 Å². The first-order valence-electron chi connectivity index (χ1n) is 6.46. The first-order chi connectivity index (χ1) is 9.06. The molecule has 0 spiro atoms. The summed E-state index contributed by atoms with van der Waals surface area (Å²) in [5.74, 6) is -0.367. The molecule has 0 unspecified atom stereocenters. The van der Waals surface area contributed by atoms with Gasteiger partial charge in [-0.05, 0) is 37.0 Å². The molecule has 1 aliphatic heterocycles. The van der Waals surface area contributed by atoms with Crippen molar-refractivity contribution in [1.29, 1.82) is 0 Å². The van der Waals surface area contributed by atoms with Crippen LogP contribution in [0.15, 0.2) is 18.2 Å². The molecule has 19 heavy (non-hydrogen) atoms. The summed E-state index contributed by atoms with van der Waals surface area (Å²) in [7, 11) is 0. The van der Waals surface area contributed by atoms with Crippen LogP contribution < -0.4 is 0 Å². The number of aryl methyl sites for hydroxylation is 1. The molecular formula is C14H17ClFNO2. The zero-order valence-electron chi connectivity index (χ0n) is 10.6. The molecule has 104 valence electrons. The summed E-state index contributed by atoms with van der Waals surface area (Å²) in [6, 6.07) is 4.53. The summed E-state index contributed by atoms with van der Waals surface area (Å²) in [5, 5.41) is 9.47. The van der Waals surface area contributed by atoms with E-state index in [2.05, 4.69) is 0 Å². The monoisotopic (exact) mass is 285 g/mol. The lowest BCUT2D eigenvalue weighted by molar-refractivity contribution is -0.133. The molecule has 0 saturated carbocycles. The van der Waals surface area contributed by atoms with Crippen LogP contribution in [0.2, 0.25) is 5.02 Å². The molecule has 1 aliphatic rings. The highest BCUT2D eigenvalue weighted by atomic mass is 35.5. The van der Waals surface area contributed by atoms with Gasteiger partial charge in [0.05, 0.1) is 11.1 Å². The van der Waals surface area contributed by atoms with Crippen LogP contribution >= 0.6 is 11.6 Å². The lowest BCUT2D eigenvalue weighted by Gasteiger charge is -2.29. The van der Waals surface area contributed by atoms with Crippen LogP contribution in [0, 0.1) is 5.82 Å². The third-order valence-electron chi connectivity index (χ3n) is 3.43. The second-order valence-corrected chi connectivity index (χ2v) is 5.27. The van der Waals surface area contributed by atoms with E-state index in [0.717, 1.165) is 5.56 Å². The Morgan fingerprint density at radius 2 is 2.11 bits per heavy atom. The molecule has 0 radical (unpaired) electrons. The summed E-state index contributed by atoms with van der Waals surface area (Å²) < 4.78 is 13.0. The van der Waals surface area contributed by atoms with Crippen LogP contribution in [0.25, 0.3) is 0 Å². The van der Waals surface area contributed by atoms with Crippen molar-refractivity contribution >= 4 is 17.5 Å². The molecule has 1 aromatic rings. The van der Waals surface area contributed by atoms with E-state index in [9.17, 15) is 14.3 Å². The standard InChI is InChI=1S/C14H17ClFNO2/c15-12-9-10(1-3-13(12)16)2-4-14(19)17-7-5-11(18)6-8-17/h1,3,9,11,18H,2,4-8H2. The van der Waals surface area contributed by atoms with Crippen LogP contribution in [0.1, 0.15) is 24.8 Å². The number of nitrogens with zero attached hydrogens (tertiary/aromatic N) is 1. The Hall–Kier alpha value is -1.13. The fourth-order valence-electron chi connectivity index (χ4n) is 2.22. The van der Waals surface area contributed by atoms with Crippen molar-refractivity contribution in [2.75, 3.05) is 13.1 Å². The van der Waals surface area contributed by atoms with Gasteiger partial charge >= 0.3 is 0 Å². The molecule has 0 aromatic heterocycles. The zero-order chi connectivity index (χ0) is 13.8. The Balaban J connectivity index is 1.84. The number of carbonyl (C=O) groups is 1. The molecule has 1 fully saturated rings. The number of hydrogen-bond acceptors (Lipinski definition) is 2. The minimum absolute atomic E-state index is 0.0762. The summed E-state index contributed by atoms with van der Waals surface area (Å²) in [6.07, 6.45) is 1.96. The normalized spacial score (nSPS) is 16.7. The maximum atomic E-state index is 13.0. The van der Waals surface area contributed by atoms with Crippen molar-refractivity contribution in [3.05, 3.63) is 34.6 Å². The summed E-state index contributed by atoms with van der Waals surface area (Å²) in [4.78, 5) is 13.7. The van der Waals surface area contributed by atoms with Gasteiger partial charge in [-0.3, -0.25) is 4.79 Å². The van der Waals surface area contributed by atoms with Gasteiger partial charge in [0.1, 0.15) is 5.82 Å². The number of amides is 1. The van der Waals surface area contributed by atoms with E-state index in [1.54, 1.807) is 17.0 Å². The third kappa shape index (κ3) is 3.91. The average molecular weight is 286 g/mol. The van der Waals surface area contributed by atoms with Crippen LogP contribution in [-0.4, -0.2) is 35.1 Å². The molecule has 0 aliphatic carbocycles. The molecule has 1 aromatic carbocycles. The Morgan fingerprint density at radius 3 is 2.74 bits per heavy atom. The molecule has 1 saturated heterocycles. The summed E-state index contributed by atoms with van der Waals surface area (Å²) in [5.41, 5.74) is 0.858. The smallest absolute Gasteiger partial charge is 0.222 e. The van der Waals surface area contributed by atoms with Crippen LogP contribution in [0.4, 0.5) is 4.39 Å². The highest BCUT2D eigenvalue weighted by molar-refractivity contribution is 6.30. The lowest BCUT2D eigenvalue weighted by Crippen LogP contribution is -2.40. The Kier molecular flexibility index (Phi) is 4.77. The molecule has 1 N–H and O–H groups in total. The molecular weight excluding hydrogens is 269 g/mol. The molecule has 1 heterocycles. The zero-order valence-corrected chi connectivity index (χ0v) is 11.4. The lowest BCUT2D eigenvalue weighted by atomic mass is 10.1. The van der Waals surface area contributed by atoms with Crippen molar-refractivity contribution in [1.82, 2.24) is 4.90 Å². The molecule has 2 rings (SSSR count). The van der Waals surface area contributed by atoms with E-state index in [1.807, 2.05) is 0 Å². The molecule has 0 bridgehead atoms. The van der Waals surface area contributed by atoms with Gasteiger partial charge in [-0.15, -0.1) is 0 Å². The molecule has 0 atom stereocenters. The molecule has 3 nitrogen and oxygen atoms in total. The van der Waals surface area contributed by atoms with Gasteiger partial charge in [0.15, 0.2) is 0 Å². The summed E-state index contributed by atoms with van der Waals surface area (Å²) in [6.45, 7) is 1.23. The maximum Gasteiger partial charge on any atom is 0.222 e. The largest absolute Gasteiger partial charge is 0.393 e. The predicted molar refractivity (Wildman–Crippen MR) is 71.6 cm³/mol. The van der Waals surface area contributed by atoms with E-state index in [-0.39, 0.29) is 17.0 Å². The highest BCUT2D eigenvalue weighted by Crippen LogP contribution is 2.18. The minimum Gasteiger partial charge on any atom is -0.393 e. The van der Waals surface area contributed by atoms with E-state index >= 15 is 0 Å². The summed E-state index contributed by atoms with van der Waals surface area (Å²) >= 11 is 5.70. The quantitative estimate of drug-likeness (QED) is 0.926. The van der Waals surface area contributed by atoms with Crippen molar-refractivity contribution in [2.24, 2.45) is 0 Å². The first kappa shape index (κ1) is 14.3. The number of rotatable bonds is 3. The number of aliphatic hydroxyl groups excluding tert-OH is 1. The van der Waals surface area contributed by atoms with Crippen LogP contribution in [0.3, 0.4) is 0 Å². The maximum absolute atomic E-state index is 13.0. The first-order valence-corrected chi connectivity index (χ1v) is 6.84. The Bertz CT molecular complexity index is 459. The van der Waals surface area contributed by atoms with Gasteiger partial charge in [-0.25, -0.2) is 4.39 Å². The highest BCUT2D eigenvalue weighted by Gasteiger charge is 2.20. The van der Waals surface area contributed by atoms with Gasteiger partial charge in [0.2, 0.25) is 5.91 Å². The van der Waals surface area contributed by atoms with Gasteiger partial charge in [-0.1, -0.05) is 17.7 Å². The topological polar surface area (TPSA) is 40.5 Å². The number of likely N-dealkylation sites (tertiary alicyclic amines) is 1. The van der Waals surface area contributed by atoms with Crippen LogP contribution in [-0.2, 0) is 11.2 Å². The number of piperidine rings is 1. The Morgan fingerprint density at radius 1 is 1.42 bits per heavy atom. The fraction of sp³-hybridized carbons (Fsp3) is 0.500.